The van der Waals surface area contributed by atoms with E-state index in [0.29, 0.717) is 6.54 Å². The molecule has 0 aromatic carbocycles. The monoisotopic (exact) mass is 269 g/mol. The lowest BCUT2D eigenvalue weighted by molar-refractivity contribution is -0.117. The summed E-state index contributed by atoms with van der Waals surface area (Å²) in [5.41, 5.74) is 0.432. The lowest BCUT2D eigenvalue weighted by Gasteiger charge is -2.31. The summed E-state index contributed by atoms with van der Waals surface area (Å²) in [4.78, 5) is 11.6. The number of nitrogens with one attached hydrogen (secondary N) is 1. The molecule has 0 spiro atoms. The maximum absolute atomic E-state index is 11.6. The average molecular weight is 269 g/mol. The van der Waals surface area contributed by atoms with Gasteiger partial charge in [0.2, 0.25) is 5.91 Å². The van der Waals surface area contributed by atoms with Crippen LogP contribution in [-0.4, -0.2) is 34.7 Å². The quantitative estimate of drug-likeness (QED) is 0.594. The summed E-state index contributed by atoms with van der Waals surface area (Å²) in [7, 11) is 0. The van der Waals surface area contributed by atoms with Crippen molar-refractivity contribution in [3.63, 3.8) is 0 Å². The molecule has 4 heteroatoms. The van der Waals surface area contributed by atoms with Gasteiger partial charge in [-0.2, -0.15) is 11.8 Å². The highest BCUT2D eigenvalue weighted by atomic mass is 32.2. The van der Waals surface area contributed by atoms with Crippen molar-refractivity contribution in [1.29, 1.82) is 0 Å². The molecule has 1 saturated heterocycles. The van der Waals surface area contributed by atoms with Gasteiger partial charge in [0.05, 0.1) is 5.60 Å². The number of amides is 1. The van der Waals surface area contributed by atoms with Crippen LogP contribution >= 0.6 is 11.8 Å². The van der Waals surface area contributed by atoms with Crippen molar-refractivity contribution >= 4 is 17.7 Å². The molecule has 1 heterocycles. The first kappa shape index (κ1) is 15.3. The van der Waals surface area contributed by atoms with E-state index in [2.05, 4.69) is 12.2 Å². The Morgan fingerprint density at radius 3 is 2.61 bits per heavy atom. The average Bonchev–Trinajstić information content (AvgIpc) is 2.38. The Hall–Kier alpha value is -0.740. The minimum atomic E-state index is -0.705. The minimum Gasteiger partial charge on any atom is -0.388 e. The Kier molecular flexibility index (Phi) is 6.50. The van der Waals surface area contributed by atoms with Gasteiger partial charge in [-0.05, 0) is 37.7 Å². The van der Waals surface area contributed by atoms with Gasteiger partial charge in [0.25, 0.3) is 0 Å². The molecule has 1 aliphatic rings. The number of thioether (sulfide) groups is 1. The van der Waals surface area contributed by atoms with Crippen LogP contribution in [0.2, 0.25) is 0 Å². The van der Waals surface area contributed by atoms with E-state index in [4.69, 9.17) is 0 Å². The molecule has 0 aliphatic carbocycles. The Bertz CT molecular complexity index is 331. The highest BCUT2D eigenvalue weighted by Gasteiger charge is 2.29. The second kappa shape index (κ2) is 7.64. The van der Waals surface area contributed by atoms with Crippen molar-refractivity contribution < 1.29 is 9.90 Å². The van der Waals surface area contributed by atoms with Crippen LogP contribution in [0, 0.1) is 0 Å². The van der Waals surface area contributed by atoms with Gasteiger partial charge in [0, 0.05) is 12.6 Å². The van der Waals surface area contributed by atoms with Crippen LogP contribution in [-0.2, 0) is 4.79 Å². The van der Waals surface area contributed by atoms with E-state index in [1.807, 2.05) is 30.8 Å². The zero-order valence-electron chi connectivity index (χ0n) is 11.2. The van der Waals surface area contributed by atoms with Crippen molar-refractivity contribution in [2.75, 3.05) is 18.1 Å². The molecule has 1 amide bonds. The number of hydrogen-bond acceptors (Lipinski definition) is 3. The van der Waals surface area contributed by atoms with Crippen molar-refractivity contribution in [3.8, 4) is 0 Å². The second-order valence-electron chi connectivity index (χ2n) is 4.60. The van der Waals surface area contributed by atoms with Gasteiger partial charge in [0.15, 0.2) is 0 Å². The number of carbonyl (C=O) groups is 1. The fourth-order valence-electron chi connectivity index (χ4n) is 1.84. The molecule has 1 fully saturated rings. The summed E-state index contributed by atoms with van der Waals surface area (Å²) in [5.74, 6) is 1.82. The summed E-state index contributed by atoms with van der Waals surface area (Å²) in [6.45, 7) is 4.37. The first-order chi connectivity index (χ1) is 8.59. The van der Waals surface area contributed by atoms with E-state index in [-0.39, 0.29) is 5.91 Å². The lowest BCUT2D eigenvalue weighted by atomic mass is 9.97. The smallest absolute Gasteiger partial charge is 0.244 e. The van der Waals surface area contributed by atoms with Gasteiger partial charge in [-0.15, -0.1) is 0 Å². The van der Waals surface area contributed by atoms with Gasteiger partial charge in [-0.1, -0.05) is 24.6 Å². The predicted octanol–water partition coefficient (Wildman–Crippen LogP) is 2.27. The zero-order valence-corrected chi connectivity index (χ0v) is 12.1. The summed E-state index contributed by atoms with van der Waals surface area (Å²) in [6.07, 6.45) is 7.81. The maximum atomic E-state index is 11.6. The molecule has 0 atom stereocenters. The Morgan fingerprint density at radius 2 is 2.06 bits per heavy atom. The first-order valence-electron chi connectivity index (χ1n) is 6.51. The molecule has 0 aromatic heterocycles. The molecule has 0 aromatic rings. The Labute approximate surface area is 114 Å². The molecule has 18 heavy (non-hydrogen) atoms. The van der Waals surface area contributed by atoms with Crippen molar-refractivity contribution in [2.45, 2.75) is 38.7 Å². The van der Waals surface area contributed by atoms with Crippen molar-refractivity contribution in [2.24, 2.45) is 0 Å². The van der Waals surface area contributed by atoms with Crippen LogP contribution in [0.5, 0.6) is 0 Å². The van der Waals surface area contributed by atoms with Crippen LogP contribution < -0.4 is 5.32 Å². The van der Waals surface area contributed by atoms with E-state index in [9.17, 15) is 9.90 Å². The number of allylic oxidation sites excluding steroid dienone is 3. The third-order valence-corrected chi connectivity index (χ3v) is 4.23. The second-order valence-corrected chi connectivity index (χ2v) is 5.83. The van der Waals surface area contributed by atoms with E-state index in [1.165, 1.54) is 0 Å². The highest BCUT2D eigenvalue weighted by molar-refractivity contribution is 7.99. The minimum absolute atomic E-state index is 0.130. The number of hydrogen-bond donors (Lipinski definition) is 2. The van der Waals surface area contributed by atoms with Crippen LogP contribution in [0.3, 0.4) is 0 Å². The summed E-state index contributed by atoms with van der Waals surface area (Å²) in [6, 6.07) is 0. The predicted molar refractivity (Wildman–Crippen MR) is 77.7 cm³/mol. The standard InChI is InChI=1S/C14H23NO2S/c1-3-12(4-2)5-6-13(16)15-11-14(17)7-9-18-10-8-14/h3,5-6,17H,4,7-11H2,1-2H3,(H,15,16). The zero-order chi connectivity index (χ0) is 13.4. The van der Waals surface area contributed by atoms with Gasteiger partial charge in [-0.3, -0.25) is 4.79 Å². The molecule has 0 bridgehead atoms. The summed E-state index contributed by atoms with van der Waals surface area (Å²) in [5, 5.41) is 13.0. The first-order valence-corrected chi connectivity index (χ1v) is 7.66. The van der Waals surface area contributed by atoms with Gasteiger partial charge >= 0.3 is 0 Å². The largest absolute Gasteiger partial charge is 0.388 e. The van der Waals surface area contributed by atoms with Crippen LogP contribution in [0.1, 0.15) is 33.1 Å². The van der Waals surface area contributed by atoms with Crippen molar-refractivity contribution in [1.82, 2.24) is 5.32 Å². The fourth-order valence-corrected chi connectivity index (χ4v) is 3.09. The molecule has 0 radical (unpaired) electrons. The maximum Gasteiger partial charge on any atom is 0.244 e. The number of carbonyl (C=O) groups excluding carboxylic acids is 1. The van der Waals surface area contributed by atoms with Gasteiger partial charge in [0.1, 0.15) is 0 Å². The molecule has 0 saturated carbocycles. The van der Waals surface area contributed by atoms with E-state index in [0.717, 1.165) is 36.3 Å². The van der Waals surface area contributed by atoms with Crippen LogP contribution in [0.15, 0.2) is 23.8 Å². The molecule has 102 valence electrons. The molecule has 1 aliphatic heterocycles. The van der Waals surface area contributed by atoms with E-state index < -0.39 is 5.60 Å². The van der Waals surface area contributed by atoms with Gasteiger partial charge < -0.3 is 10.4 Å². The van der Waals surface area contributed by atoms with Crippen LogP contribution in [0.4, 0.5) is 0 Å². The lowest BCUT2D eigenvalue weighted by Crippen LogP contribution is -2.44. The normalized spacial score (nSPS) is 20.1. The fraction of sp³-hybridized carbons (Fsp3) is 0.643. The SMILES string of the molecule is CC=C(C=CC(=O)NCC1(O)CCSCC1)CC. The molecular formula is C14H23NO2S. The summed E-state index contributed by atoms with van der Waals surface area (Å²) < 4.78 is 0. The third-order valence-electron chi connectivity index (χ3n) is 3.24. The molecule has 0 unspecified atom stereocenters. The van der Waals surface area contributed by atoms with Crippen molar-refractivity contribution in [3.05, 3.63) is 23.8 Å². The molecule has 3 nitrogen and oxygen atoms in total. The molecular weight excluding hydrogens is 246 g/mol. The number of aliphatic hydroxyl groups is 1. The third kappa shape index (κ3) is 5.27. The Morgan fingerprint density at radius 1 is 1.39 bits per heavy atom. The summed E-state index contributed by atoms with van der Waals surface area (Å²) >= 11 is 1.86. The van der Waals surface area contributed by atoms with Crippen LogP contribution in [0.25, 0.3) is 0 Å². The van der Waals surface area contributed by atoms with E-state index >= 15 is 0 Å². The molecule has 1 rings (SSSR count). The van der Waals surface area contributed by atoms with Gasteiger partial charge in [-0.25, -0.2) is 0 Å². The highest BCUT2D eigenvalue weighted by Crippen LogP contribution is 2.26. The number of rotatable bonds is 5. The molecule has 2 N–H and O–H groups in total. The topological polar surface area (TPSA) is 49.3 Å². The van der Waals surface area contributed by atoms with E-state index in [1.54, 1.807) is 6.08 Å². The Balaban J connectivity index is 2.36.